The van der Waals surface area contributed by atoms with Crippen molar-refractivity contribution in [2.45, 2.75) is 44.3 Å². The summed E-state index contributed by atoms with van der Waals surface area (Å²) in [7, 11) is 0. The molecule has 2 aliphatic rings. The van der Waals surface area contributed by atoms with Gasteiger partial charge in [-0.1, -0.05) is 6.92 Å². The van der Waals surface area contributed by atoms with Crippen LogP contribution >= 0.6 is 11.8 Å². The fourth-order valence-electron chi connectivity index (χ4n) is 2.86. The monoisotopic (exact) mass is 256 g/mol. The fourth-order valence-corrected chi connectivity index (χ4v) is 4.12. The number of rotatable bonds is 4. The maximum atomic E-state index is 3.44. The zero-order chi connectivity index (χ0) is 11.9. The van der Waals surface area contributed by atoms with Crippen LogP contribution in [0.1, 0.15) is 39.0 Å². The summed E-state index contributed by atoms with van der Waals surface area (Å²) in [5.74, 6) is 2.30. The summed E-state index contributed by atoms with van der Waals surface area (Å²) in [5.41, 5.74) is 0. The van der Waals surface area contributed by atoms with E-state index >= 15 is 0 Å². The third kappa shape index (κ3) is 5.19. The fraction of sp³-hybridized carbons (Fsp3) is 1.00. The van der Waals surface area contributed by atoms with Crippen molar-refractivity contribution in [1.82, 2.24) is 10.2 Å². The summed E-state index contributed by atoms with van der Waals surface area (Å²) in [6, 6.07) is 0. The van der Waals surface area contributed by atoms with E-state index in [0.29, 0.717) is 0 Å². The zero-order valence-corrected chi connectivity index (χ0v) is 12.1. The van der Waals surface area contributed by atoms with E-state index in [9.17, 15) is 0 Å². The maximum absolute atomic E-state index is 3.44. The molecule has 3 heteroatoms. The molecule has 2 saturated heterocycles. The van der Waals surface area contributed by atoms with Crippen LogP contribution in [0.2, 0.25) is 0 Å². The van der Waals surface area contributed by atoms with E-state index in [4.69, 9.17) is 0 Å². The van der Waals surface area contributed by atoms with Crippen LogP contribution in [0.5, 0.6) is 0 Å². The van der Waals surface area contributed by atoms with Crippen LogP contribution in [0.4, 0.5) is 0 Å². The van der Waals surface area contributed by atoms with Crippen molar-refractivity contribution in [3.8, 4) is 0 Å². The molecule has 0 aliphatic carbocycles. The Kier molecular flexibility index (Phi) is 6.16. The Morgan fingerprint density at radius 1 is 1.12 bits per heavy atom. The molecule has 100 valence electrons. The largest absolute Gasteiger partial charge is 0.317 e. The van der Waals surface area contributed by atoms with Crippen LogP contribution < -0.4 is 5.32 Å². The molecule has 0 radical (unpaired) electrons. The van der Waals surface area contributed by atoms with Crippen LogP contribution in [0.15, 0.2) is 0 Å². The summed E-state index contributed by atoms with van der Waals surface area (Å²) >= 11 is 2.22. The first-order valence-corrected chi connectivity index (χ1v) is 8.44. The molecule has 0 aromatic rings. The van der Waals surface area contributed by atoms with Crippen molar-refractivity contribution in [3.63, 3.8) is 0 Å². The number of likely N-dealkylation sites (tertiary alicyclic amines) is 1. The van der Waals surface area contributed by atoms with Crippen molar-refractivity contribution in [1.29, 1.82) is 0 Å². The molecule has 0 bridgehead atoms. The Balaban J connectivity index is 1.57. The molecular weight excluding hydrogens is 228 g/mol. The lowest BCUT2D eigenvalue weighted by molar-refractivity contribution is 0.299. The Bertz CT molecular complexity index is 204. The van der Waals surface area contributed by atoms with Crippen LogP contribution in [-0.4, -0.2) is 48.6 Å². The molecule has 0 saturated carbocycles. The van der Waals surface area contributed by atoms with Gasteiger partial charge in [-0.2, -0.15) is 11.8 Å². The van der Waals surface area contributed by atoms with Crippen LogP contribution in [-0.2, 0) is 0 Å². The second kappa shape index (κ2) is 7.65. The van der Waals surface area contributed by atoms with Gasteiger partial charge < -0.3 is 10.2 Å². The molecule has 0 amide bonds. The van der Waals surface area contributed by atoms with Gasteiger partial charge in [-0.3, -0.25) is 0 Å². The highest BCUT2D eigenvalue weighted by Gasteiger charge is 2.16. The average molecular weight is 256 g/mol. The SMILES string of the molecule is CC1CCCN(CCSC2CCNCC2)CC1. The lowest BCUT2D eigenvalue weighted by atomic mass is 10.0. The second-order valence-electron chi connectivity index (χ2n) is 5.70. The van der Waals surface area contributed by atoms with Crippen LogP contribution in [0.25, 0.3) is 0 Å². The van der Waals surface area contributed by atoms with Crippen molar-refractivity contribution in [2.24, 2.45) is 5.92 Å². The van der Waals surface area contributed by atoms with Gasteiger partial charge in [-0.05, 0) is 64.2 Å². The summed E-state index contributed by atoms with van der Waals surface area (Å²) < 4.78 is 0. The van der Waals surface area contributed by atoms with Gasteiger partial charge in [-0.15, -0.1) is 0 Å². The number of piperidine rings is 1. The molecule has 2 aliphatic heterocycles. The van der Waals surface area contributed by atoms with Gasteiger partial charge in [0.1, 0.15) is 0 Å². The molecule has 1 N–H and O–H groups in total. The summed E-state index contributed by atoms with van der Waals surface area (Å²) in [4.78, 5) is 2.69. The maximum Gasteiger partial charge on any atom is 0.00724 e. The quantitative estimate of drug-likeness (QED) is 0.832. The smallest absolute Gasteiger partial charge is 0.00724 e. The van der Waals surface area contributed by atoms with E-state index in [1.165, 1.54) is 70.6 Å². The molecule has 1 unspecified atom stereocenters. The zero-order valence-electron chi connectivity index (χ0n) is 11.3. The molecule has 0 aromatic carbocycles. The normalized spacial score (nSPS) is 29.1. The number of hydrogen-bond acceptors (Lipinski definition) is 3. The van der Waals surface area contributed by atoms with Crippen molar-refractivity contribution in [3.05, 3.63) is 0 Å². The first kappa shape index (κ1) is 13.7. The van der Waals surface area contributed by atoms with Gasteiger partial charge in [0.15, 0.2) is 0 Å². The molecule has 17 heavy (non-hydrogen) atoms. The van der Waals surface area contributed by atoms with Gasteiger partial charge >= 0.3 is 0 Å². The minimum atomic E-state index is 0.933. The predicted octanol–water partition coefficient (Wildman–Crippen LogP) is 2.59. The highest BCUT2D eigenvalue weighted by Crippen LogP contribution is 2.21. The first-order valence-electron chi connectivity index (χ1n) is 7.39. The molecule has 2 fully saturated rings. The lowest BCUT2D eigenvalue weighted by Gasteiger charge is -2.24. The molecule has 2 heterocycles. The minimum absolute atomic E-state index is 0.933. The molecule has 2 rings (SSSR count). The first-order chi connectivity index (χ1) is 8.34. The molecular formula is C14H28N2S. The topological polar surface area (TPSA) is 15.3 Å². The Hall–Kier alpha value is 0.270. The molecule has 0 aromatic heterocycles. The van der Waals surface area contributed by atoms with Gasteiger partial charge in [0.25, 0.3) is 0 Å². The van der Waals surface area contributed by atoms with Gasteiger partial charge in [0.2, 0.25) is 0 Å². The average Bonchev–Trinajstić information content (AvgIpc) is 2.56. The highest BCUT2D eigenvalue weighted by atomic mass is 32.2. The molecule has 0 spiro atoms. The van der Waals surface area contributed by atoms with E-state index in [2.05, 4.69) is 28.9 Å². The van der Waals surface area contributed by atoms with Crippen molar-refractivity contribution < 1.29 is 0 Å². The highest BCUT2D eigenvalue weighted by molar-refractivity contribution is 7.99. The van der Waals surface area contributed by atoms with Gasteiger partial charge in [0, 0.05) is 17.5 Å². The number of thioether (sulfide) groups is 1. The molecule has 1 atom stereocenters. The molecule has 2 nitrogen and oxygen atoms in total. The van der Waals surface area contributed by atoms with E-state index < -0.39 is 0 Å². The number of hydrogen-bond donors (Lipinski definition) is 1. The second-order valence-corrected chi connectivity index (χ2v) is 7.11. The van der Waals surface area contributed by atoms with Crippen molar-refractivity contribution >= 4 is 11.8 Å². The van der Waals surface area contributed by atoms with Crippen LogP contribution in [0.3, 0.4) is 0 Å². The number of nitrogens with one attached hydrogen (secondary N) is 1. The third-order valence-electron chi connectivity index (χ3n) is 4.16. The van der Waals surface area contributed by atoms with Gasteiger partial charge in [-0.25, -0.2) is 0 Å². The Labute approximate surface area is 111 Å². The summed E-state index contributed by atoms with van der Waals surface area (Å²) in [6.45, 7) is 8.89. The Morgan fingerprint density at radius 3 is 2.76 bits per heavy atom. The van der Waals surface area contributed by atoms with Gasteiger partial charge in [0.05, 0.1) is 0 Å². The third-order valence-corrected chi connectivity index (χ3v) is 5.52. The minimum Gasteiger partial charge on any atom is -0.317 e. The summed E-state index contributed by atoms with van der Waals surface area (Å²) in [5, 5.41) is 4.38. The van der Waals surface area contributed by atoms with E-state index in [-0.39, 0.29) is 0 Å². The summed E-state index contributed by atoms with van der Waals surface area (Å²) in [6.07, 6.45) is 7.03. The Morgan fingerprint density at radius 2 is 1.94 bits per heavy atom. The van der Waals surface area contributed by atoms with E-state index in [1.54, 1.807) is 0 Å². The van der Waals surface area contributed by atoms with Crippen LogP contribution in [0, 0.1) is 5.92 Å². The number of nitrogens with zero attached hydrogens (tertiary/aromatic N) is 1. The predicted molar refractivity (Wildman–Crippen MR) is 77.8 cm³/mol. The standard InChI is InChI=1S/C14H28N2S/c1-13-3-2-9-16(10-6-13)11-12-17-14-4-7-15-8-5-14/h13-15H,2-12H2,1H3. The van der Waals surface area contributed by atoms with E-state index in [1.807, 2.05) is 0 Å². The van der Waals surface area contributed by atoms with E-state index in [0.717, 1.165) is 11.2 Å². The lowest BCUT2D eigenvalue weighted by Crippen LogP contribution is -2.31. The van der Waals surface area contributed by atoms with Crippen molar-refractivity contribution in [2.75, 3.05) is 38.5 Å².